The van der Waals surface area contributed by atoms with Crippen molar-refractivity contribution in [2.75, 3.05) is 12.4 Å². The number of anilines is 1. The van der Waals surface area contributed by atoms with Crippen molar-refractivity contribution in [1.29, 1.82) is 0 Å². The summed E-state index contributed by atoms with van der Waals surface area (Å²) in [7, 11) is 1.31. The van der Waals surface area contributed by atoms with Crippen molar-refractivity contribution in [2.24, 2.45) is 0 Å². The number of ether oxygens (including phenoxy) is 1. The first-order valence-electron chi connectivity index (χ1n) is 5.27. The fourth-order valence-electron chi connectivity index (χ4n) is 1.41. The van der Waals surface area contributed by atoms with E-state index in [1.54, 1.807) is 29.8 Å². The molecule has 0 aliphatic rings. The zero-order valence-corrected chi connectivity index (χ0v) is 11.6. The monoisotopic (exact) mass is 294 g/mol. The van der Waals surface area contributed by atoms with Gasteiger partial charge in [-0.3, -0.25) is 4.79 Å². The number of carbonyl (C=O) groups is 2. The zero-order chi connectivity index (χ0) is 13.8. The molecule has 2 aromatic heterocycles. The average molecular weight is 294 g/mol. The number of rotatable bonds is 3. The highest BCUT2D eigenvalue weighted by atomic mass is 32.1. The van der Waals surface area contributed by atoms with Crippen LogP contribution in [-0.2, 0) is 4.74 Å². The SMILES string of the molecule is COC(=O)c1csc(NC(=O)c2ccc[nH]c2=S)c1. The standard InChI is InChI=1S/C12H10N2O3S2/c1-17-12(16)7-5-9(19-6-7)14-10(15)8-3-2-4-13-11(8)18/h2-6H,1H3,(H,13,18)(H,14,15). The quantitative estimate of drug-likeness (QED) is 0.674. The fourth-order valence-corrected chi connectivity index (χ4v) is 2.40. The highest BCUT2D eigenvalue weighted by Gasteiger charge is 2.12. The maximum absolute atomic E-state index is 12.0. The van der Waals surface area contributed by atoms with Crippen molar-refractivity contribution >= 4 is 40.4 Å². The van der Waals surface area contributed by atoms with Gasteiger partial charge in [0.1, 0.15) is 4.64 Å². The molecule has 0 saturated heterocycles. The summed E-state index contributed by atoms with van der Waals surface area (Å²) in [5, 5.41) is 4.86. The summed E-state index contributed by atoms with van der Waals surface area (Å²) >= 11 is 6.27. The van der Waals surface area contributed by atoms with E-state index in [0.717, 1.165) is 0 Å². The summed E-state index contributed by atoms with van der Waals surface area (Å²) in [6.07, 6.45) is 1.65. The molecule has 98 valence electrons. The van der Waals surface area contributed by atoms with Crippen LogP contribution < -0.4 is 5.32 Å². The molecule has 0 unspecified atom stereocenters. The molecule has 0 saturated carbocycles. The third-order valence-corrected chi connectivity index (χ3v) is 3.50. The molecule has 0 spiro atoms. The minimum Gasteiger partial charge on any atom is -0.465 e. The van der Waals surface area contributed by atoms with E-state index in [-0.39, 0.29) is 5.91 Å². The third kappa shape index (κ3) is 3.07. The van der Waals surface area contributed by atoms with E-state index in [1.807, 2.05) is 0 Å². The van der Waals surface area contributed by atoms with Crippen LogP contribution in [0.1, 0.15) is 20.7 Å². The van der Waals surface area contributed by atoms with E-state index in [4.69, 9.17) is 12.2 Å². The van der Waals surface area contributed by atoms with Gasteiger partial charge in [0.15, 0.2) is 0 Å². The molecular weight excluding hydrogens is 284 g/mol. The molecule has 2 N–H and O–H groups in total. The number of carbonyl (C=O) groups excluding carboxylic acids is 2. The van der Waals surface area contributed by atoms with Crippen LogP contribution in [0.5, 0.6) is 0 Å². The summed E-state index contributed by atoms with van der Waals surface area (Å²) in [4.78, 5) is 26.0. The third-order valence-electron chi connectivity index (χ3n) is 2.32. The lowest BCUT2D eigenvalue weighted by atomic mass is 10.2. The molecule has 5 nitrogen and oxygen atoms in total. The molecule has 0 bridgehead atoms. The van der Waals surface area contributed by atoms with E-state index in [0.29, 0.717) is 20.8 Å². The van der Waals surface area contributed by atoms with Crippen molar-refractivity contribution in [3.63, 3.8) is 0 Å². The van der Waals surface area contributed by atoms with Gasteiger partial charge in [-0.2, -0.15) is 0 Å². The summed E-state index contributed by atoms with van der Waals surface area (Å²) in [6.45, 7) is 0. The van der Waals surface area contributed by atoms with Crippen molar-refractivity contribution < 1.29 is 14.3 Å². The number of nitrogens with one attached hydrogen (secondary N) is 2. The number of amides is 1. The largest absolute Gasteiger partial charge is 0.465 e. The van der Waals surface area contributed by atoms with Crippen molar-refractivity contribution in [1.82, 2.24) is 4.98 Å². The first kappa shape index (κ1) is 13.4. The van der Waals surface area contributed by atoms with Crippen molar-refractivity contribution in [2.45, 2.75) is 0 Å². The minimum absolute atomic E-state index is 0.319. The molecule has 7 heteroatoms. The van der Waals surface area contributed by atoms with E-state index >= 15 is 0 Å². The first-order chi connectivity index (χ1) is 9.11. The minimum atomic E-state index is -0.436. The highest BCUT2D eigenvalue weighted by Crippen LogP contribution is 2.21. The van der Waals surface area contributed by atoms with Crippen LogP contribution in [0, 0.1) is 4.64 Å². The van der Waals surface area contributed by atoms with E-state index in [1.165, 1.54) is 18.4 Å². The maximum atomic E-state index is 12.0. The number of esters is 1. The molecule has 2 aromatic rings. The second-order valence-corrected chi connectivity index (χ2v) is 4.88. The van der Waals surface area contributed by atoms with Gasteiger partial charge in [0.25, 0.3) is 5.91 Å². The van der Waals surface area contributed by atoms with Gasteiger partial charge >= 0.3 is 5.97 Å². The molecular formula is C12H10N2O3S2. The number of H-pyrrole nitrogens is 1. The number of hydrogen-bond donors (Lipinski definition) is 2. The van der Waals surface area contributed by atoms with Crippen LogP contribution in [0.2, 0.25) is 0 Å². The van der Waals surface area contributed by atoms with Gasteiger partial charge in [-0.05, 0) is 18.2 Å². The lowest BCUT2D eigenvalue weighted by molar-refractivity contribution is 0.0601. The Labute approximate surface area is 118 Å². The number of methoxy groups -OCH3 is 1. The van der Waals surface area contributed by atoms with Gasteiger partial charge in [-0.1, -0.05) is 12.2 Å². The maximum Gasteiger partial charge on any atom is 0.338 e. The Bertz CT molecular complexity index is 675. The van der Waals surface area contributed by atoms with Gasteiger partial charge < -0.3 is 15.0 Å². The van der Waals surface area contributed by atoms with Gasteiger partial charge in [0.2, 0.25) is 0 Å². The lowest BCUT2D eigenvalue weighted by Crippen LogP contribution is -2.11. The van der Waals surface area contributed by atoms with Crippen LogP contribution in [-0.4, -0.2) is 24.0 Å². The Morgan fingerprint density at radius 2 is 2.26 bits per heavy atom. The van der Waals surface area contributed by atoms with Crippen LogP contribution in [0.15, 0.2) is 29.8 Å². The zero-order valence-electron chi connectivity index (χ0n) is 9.93. The second kappa shape index (κ2) is 5.77. The topological polar surface area (TPSA) is 71.2 Å². The van der Waals surface area contributed by atoms with Crippen molar-refractivity contribution in [3.8, 4) is 0 Å². The van der Waals surface area contributed by atoms with Crippen LogP contribution in [0.4, 0.5) is 5.00 Å². The Morgan fingerprint density at radius 3 is 2.95 bits per heavy atom. The van der Waals surface area contributed by atoms with Gasteiger partial charge in [0, 0.05) is 11.6 Å². The number of hydrogen-bond acceptors (Lipinski definition) is 5. The van der Waals surface area contributed by atoms with Crippen molar-refractivity contribution in [3.05, 3.63) is 45.5 Å². The molecule has 1 amide bonds. The number of pyridine rings is 1. The summed E-state index contributed by atoms with van der Waals surface area (Å²) in [5.74, 6) is -0.756. The van der Waals surface area contributed by atoms with Crippen LogP contribution in [0.25, 0.3) is 0 Å². The Morgan fingerprint density at radius 1 is 1.47 bits per heavy atom. The van der Waals surface area contributed by atoms with E-state index < -0.39 is 5.97 Å². The van der Waals surface area contributed by atoms with E-state index in [2.05, 4.69) is 15.0 Å². The molecule has 0 aromatic carbocycles. The normalized spacial score (nSPS) is 9.95. The van der Waals surface area contributed by atoms with Gasteiger partial charge in [0.05, 0.1) is 23.2 Å². The number of aromatic amines is 1. The van der Waals surface area contributed by atoms with Gasteiger partial charge in [-0.15, -0.1) is 11.3 Å². The molecule has 19 heavy (non-hydrogen) atoms. The average Bonchev–Trinajstić information content (AvgIpc) is 2.86. The Balaban J connectivity index is 2.16. The molecule has 0 aliphatic carbocycles. The van der Waals surface area contributed by atoms with E-state index in [9.17, 15) is 9.59 Å². The molecule has 2 rings (SSSR count). The molecule has 2 heterocycles. The molecule has 0 aliphatic heterocycles. The Kier molecular flexibility index (Phi) is 4.08. The van der Waals surface area contributed by atoms with Crippen LogP contribution in [0.3, 0.4) is 0 Å². The summed E-state index contributed by atoms with van der Waals surface area (Å²) in [5.41, 5.74) is 0.784. The predicted molar refractivity (Wildman–Crippen MR) is 75.2 cm³/mol. The smallest absolute Gasteiger partial charge is 0.338 e. The van der Waals surface area contributed by atoms with Gasteiger partial charge in [-0.25, -0.2) is 4.79 Å². The number of thiophene rings is 1. The molecule has 0 radical (unpaired) electrons. The second-order valence-electron chi connectivity index (χ2n) is 3.56. The molecule has 0 atom stereocenters. The van der Waals surface area contributed by atoms with Crippen LogP contribution >= 0.6 is 23.6 Å². The summed E-state index contributed by atoms with van der Waals surface area (Å²) < 4.78 is 4.96. The Hall–Kier alpha value is -1.99. The predicted octanol–water partition coefficient (Wildman–Crippen LogP) is 2.84. The highest BCUT2D eigenvalue weighted by molar-refractivity contribution is 7.71. The fraction of sp³-hybridized carbons (Fsp3) is 0.0833. The first-order valence-corrected chi connectivity index (χ1v) is 6.56. The molecule has 0 fully saturated rings. The number of aromatic nitrogens is 1. The lowest BCUT2D eigenvalue weighted by Gasteiger charge is -2.01. The summed E-state index contributed by atoms with van der Waals surface area (Å²) in [6, 6.07) is 4.88.